The van der Waals surface area contributed by atoms with Gasteiger partial charge in [0.2, 0.25) is 5.43 Å². The summed E-state index contributed by atoms with van der Waals surface area (Å²) in [6.07, 6.45) is 5.25. The van der Waals surface area contributed by atoms with Gasteiger partial charge in [-0.3, -0.25) is 9.59 Å². The average molecular weight is 454 g/mol. The number of nitrogens with one attached hydrogen (secondary N) is 1. The van der Waals surface area contributed by atoms with Crippen LogP contribution in [0.2, 0.25) is 0 Å². The molecule has 0 unspecified atom stereocenters. The van der Waals surface area contributed by atoms with E-state index in [-0.39, 0.29) is 41.3 Å². The first-order valence-electron chi connectivity index (χ1n) is 10.8. The number of aryl methyl sites for hydroxylation is 1. The van der Waals surface area contributed by atoms with Crippen LogP contribution in [0, 0.1) is 5.82 Å². The van der Waals surface area contributed by atoms with Crippen LogP contribution in [0.1, 0.15) is 49.9 Å². The fourth-order valence-electron chi connectivity index (χ4n) is 4.27. The molecule has 6 nitrogen and oxygen atoms in total. The Hall–Kier alpha value is -1.96. The number of rotatable bonds is 8. The van der Waals surface area contributed by atoms with E-state index in [2.05, 4.69) is 5.32 Å². The normalized spacial score (nSPS) is 16.4. The standard InChI is InChI=1S/C23H32FN3O3.ClH/c1-16(2)27(18-7-6-10-25-14-18)23(29)20-15-26(11-4-5-12-30-3)21-9-8-17(24)13-19(21)22(20)28;/h8-9,13,15-16,18,25H,4-7,10-12,14H2,1-3H3;1H/t18-;/m1./s1. The summed E-state index contributed by atoms with van der Waals surface area (Å²) in [5, 5.41) is 3.59. The van der Waals surface area contributed by atoms with E-state index in [9.17, 15) is 14.0 Å². The first-order chi connectivity index (χ1) is 14.4. The average Bonchev–Trinajstić information content (AvgIpc) is 2.73. The zero-order chi connectivity index (χ0) is 21.7. The Morgan fingerprint density at radius 1 is 1.35 bits per heavy atom. The van der Waals surface area contributed by atoms with Crippen molar-refractivity contribution in [1.82, 2.24) is 14.8 Å². The van der Waals surface area contributed by atoms with Gasteiger partial charge in [0.15, 0.2) is 0 Å². The van der Waals surface area contributed by atoms with Crippen molar-refractivity contribution in [1.29, 1.82) is 0 Å². The maximum atomic E-state index is 13.9. The van der Waals surface area contributed by atoms with E-state index >= 15 is 0 Å². The van der Waals surface area contributed by atoms with Crippen LogP contribution in [0.25, 0.3) is 10.9 Å². The number of methoxy groups -OCH3 is 1. The molecule has 1 aliphatic rings. The van der Waals surface area contributed by atoms with Crippen molar-refractivity contribution in [3.63, 3.8) is 0 Å². The van der Waals surface area contributed by atoms with Gasteiger partial charge in [0.1, 0.15) is 11.4 Å². The quantitative estimate of drug-likeness (QED) is 0.620. The van der Waals surface area contributed by atoms with E-state index in [0.717, 1.165) is 38.8 Å². The first kappa shape index (κ1) is 25.3. The fraction of sp³-hybridized carbons (Fsp3) is 0.565. The van der Waals surface area contributed by atoms with Crippen LogP contribution in [0.3, 0.4) is 0 Å². The predicted octanol–water partition coefficient (Wildman–Crippen LogP) is 3.59. The first-order valence-corrected chi connectivity index (χ1v) is 10.8. The molecule has 1 fully saturated rings. The van der Waals surface area contributed by atoms with Gasteiger partial charge in [-0.05, 0) is 64.3 Å². The Bertz CT molecular complexity index is 942. The molecular formula is C23H33ClFN3O3. The smallest absolute Gasteiger partial charge is 0.259 e. The number of halogens is 2. The Labute approximate surface area is 189 Å². The van der Waals surface area contributed by atoms with Gasteiger partial charge in [-0.1, -0.05) is 0 Å². The van der Waals surface area contributed by atoms with Gasteiger partial charge in [0, 0.05) is 50.5 Å². The summed E-state index contributed by atoms with van der Waals surface area (Å²) in [5.41, 5.74) is 0.349. The van der Waals surface area contributed by atoms with Crippen molar-refractivity contribution < 1.29 is 13.9 Å². The number of carbonyl (C=O) groups is 1. The van der Waals surface area contributed by atoms with Crippen LogP contribution in [0.15, 0.2) is 29.2 Å². The molecule has 1 amide bonds. The van der Waals surface area contributed by atoms with Crippen molar-refractivity contribution in [3.8, 4) is 0 Å². The third-order valence-corrected chi connectivity index (χ3v) is 5.73. The number of pyridine rings is 1. The lowest BCUT2D eigenvalue weighted by Gasteiger charge is -2.37. The highest BCUT2D eigenvalue weighted by molar-refractivity contribution is 5.97. The maximum Gasteiger partial charge on any atom is 0.259 e. The number of piperidine rings is 1. The Balaban J connectivity index is 0.00000341. The number of unbranched alkanes of at least 4 members (excludes halogenated alkanes) is 1. The number of carbonyl (C=O) groups excluding carboxylic acids is 1. The van der Waals surface area contributed by atoms with Crippen molar-refractivity contribution in [2.45, 2.75) is 58.2 Å². The molecule has 1 aliphatic heterocycles. The molecule has 1 N–H and O–H groups in total. The number of fused-ring (bicyclic) bond motifs is 1. The minimum absolute atomic E-state index is 0. The van der Waals surface area contributed by atoms with Crippen molar-refractivity contribution >= 4 is 29.2 Å². The topological polar surface area (TPSA) is 63.6 Å². The summed E-state index contributed by atoms with van der Waals surface area (Å²) in [6, 6.07) is 4.21. The molecule has 3 rings (SSSR count). The predicted molar refractivity (Wildman–Crippen MR) is 124 cm³/mol. The summed E-state index contributed by atoms with van der Waals surface area (Å²) < 4.78 is 21.0. The summed E-state index contributed by atoms with van der Waals surface area (Å²) in [4.78, 5) is 28.5. The van der Waals surface area contributed by atoms with Crippen LogP contribution < -0.4 is 10.7 Å². The van der Waals surface area contributed by atoms with Crippen LogP contribution in [0.4, 0.5) is 4.39 Å². The fourth-order valence-corrected chi connectivity index (χ4v) is 4.27. The maximum absolute atomic E-state index is 13.9. The molecule has 0 spiro atoms. The van der Waals surface area contributed by atoms with E-state index in [0.29, 0.717) is 18.7 Å². The second-order valence-electron chi connectivity index (χ2n) is 8.23. The summed E-state index contributed by atoms with van der Waals surface area (Å²) in [5.74, 6) is -0.757. The summed E-state index contributed by atoms with van der Waals surface area (Å²) >= 11 is 0. The zero-order valence-corrected chi connectivity index (χ0v) is 19.3. The van der Waals surface area contributed by atoms with E-state index in [4.69, 9.17) is 4.74 Å². The van der Waals surface area contributed by atoms with Crippen molar-refractivity contribution in [3.05, 3.63) is 46.0 Å². The molecule has 2 heterocycles. The highest BCUT2D eigenvalue weighted by atomic mass is 35.5. The van der Waals surface area contributed by atoms with Gasteiger partial charge in [0.05, 0.1) is 5.52 Å². The molecule has 0 bridgehead atoms. The molecule has 1 saturated heterocycles. The number of aromatic nitrogens is 1. The number of hydrogen-bond acceptors (Lipinski definition) is 4. The number of ether oxygens (including phenoxy) is 1. The van der Waals surface area contributed by atoms with Crippen molar-refractivity contribution in [2.75, 3.05) is 26.8 Å². The number of amides is 1. The molecule has 0 saturated carbocycles. The Kier molecular flexibility index (Phi) is 9.47. The minimum atomic E-state index is -0.479. The molecule has 0 radical (unpaired) electrons. The molecular weight excluding hydrogens is 421 g/mol. The van der Waals surface area contributed by atoms with Gasteiger partial charge < -0.3 is 19.5 Å². The molecule has 1 aromatic carbocycles. The monoisotopic (exact) mass is 453 g/mol. The third-order valence-electron chi connectivity index (χ3n) is 5.73. The largest absolute Gasteiger partial charge is 0.385 e. The lowest BCUT2D eigenvalue weighted by molar-refractivity contribution is 0.0571. The van der Waals surface area contributed by atoms with E-state index in [1.165, 1.54) is 12.1 Å². The molecule has 172 valence electrons. The van der Waals surface area contributed by atoms with Gasteiger partial charge in [-0.25, -0.2) is 4.39 Å². The summed E-state index contributed by atoms with van der Waals surface area (Å²) in [7, 11) is 1.66. The summed E-state index contributed by atoms with van der Waals surface area (Å²) in [6.45, 7) is 6.87. The van der Waals surface area contributed by atoms with Gasteiger partial charge in [0.25, 0.3) is 5.91 Å². The van der Waals surface area contributed by atoms with Gasteiger partial charge in [-0.15, -0.1) is 12.4 Å². The molecule has 1 aromatic heterocycles. The van der Waals surface area contributed by atoms with Crippen LogP contribution in [-0.4, -0.2) is 54.3 Å². The second-order valence-corrected chi connectivity index (χ2v) is 8.23. The van der Waals surface area contributed by atoms with Gasteiger partial charge >= 0.3 is 0 Å². The highest BCUT2D eigenvalue weighted by Crippen LogP contribution is 2.20. The van der Waals surface area contributed by atoms with Crippen molar-refractivity contribution in [2.24, 2.45) is 0 Å². The zero-order valence-electron chi connectivity index (χ0n) is 18.5. The van der Waals surface area contributed by atoms with Crippen LogP contribution in [-0.2, 0) is 11.3 Å². The Morgan fingerprint density at radius 2 is 2.13 bits per heavy atom. The molecule has 8 heteroatoms. The van der Waals surface area contributed by atoms with Crippen LogP contribution >= 0.6 is 12.4 Å². The van der Waals surface area contributed by atoms with E-state index < -0.39 is 11.2 Å². The van der Waals surface area contributed by atoms with E-state index in [1.807, 2.05) is 23.3 Å². The van der Waals surface area contributed by atoms with Gasteiger partial charge in [-0.2, -0.15) is 0 Å². The third kappa shape index (κ3) is 5.84. The number of benzene rings is 1. The number of nitrogens with zero attached hydrogens (tertiary/aromatic N) is 2. The molecule has 2 aromatic rings. The Morgan fingerprint density at radius 3 is 2.77 bits per heavy atom. The lowest BCUT2D eigenvalue weighted by atomic mass is 10.0. The second kappa shape index (κ2) is 11.6. The lowest BCUT2D eigenvalue weighted by Crippen LogP contribution is -2.52. The van der Waals surface area contributed by atoms with Crippen LogP contribution in [0.5, 0.6) is 0 Å². The van der Waals surface area contributed by atoms with E-state index in [1.54, 1.807) is 19.4 Å². The minimum Gasteiger partial charge on any atom is -0.385 e. The number of hydrogen-bond donors (Lipinski definition) is 1. The SMILES string of the molecule is COCCCCn1cc(C(=O)N(C(C)C)[C@@H]2CCCNC2)c(=O)c2cc(F)ccc21.Cl. The molecule has 31 heavy (non-hydrogen) atoms. The molecule has 0 aliphatic carbocycles. The highest BCUT2D eigenvalue weighted by Gasteiger charge is 2.30. The molecule has 1 atom stereocenters.